The molecular formula is C63H41Cl4Cs2F21N10O9U. The molecule has 9 heterocycles. The molecule has 12 rings (SSSR count). The number of aliphatic hydroxyl groups is 1. The smallest absolute Gasteiger partial charge is 1.00 e. The predicted molar refractivity (Wildman–Crippen MR) is 327 cm³/mol. The molecule has 2 fully saturated rings. The van der Waals surface area contributed by atoms with E-state index in [1.165, 1.54) is 0 Å². The van der Waals surface area contributed by atoms with Crippen LogP contribution in [0.4, 0.5) is 92.2 Å². The second kappa shape index (κ2) is 39.7. The van der Waals surface area contributed by atoms with Gasteiger partial charge in [0.15, 0.2) is 16.8 Å². The summed E-state index contributed by atoms with van der Waals surface area (Å²) in [6.45, 7) is -2.17. The number of aromatic nitrogens is 10. The molecule has 0 saturated carbocycles. The number of rotatable bonds is 16. The SMILES string of the molecule is C.FC(F)(F)c1cnc(Cl)c(Cl)c1.Fc1ccc(C2(C(F)(F)c3ccc(Oc4ncc(C(F)(F)F)cc4Cl)cn3)CO2)c(F)c1.O=CO[O-].OC(Cn1cnnn1)(c1ccc(F)cc1F)C(F)(F)c1ccc(Oc2ncc(C(F)(F)F)cc2Cl)cn1.Oc1ccc(C(F)(F)C2(c3ccc(F)cc3F)CO2)nc1.[2HH].[Cs+].[Cs+].[H-].[U]. The number of nitrogens with zero attached hydrogens (tertiary/aromatic N) is 10. The number of carbonyl (C=O) groups excluding carboxylic acids is 1. The van der Waals surface area contributed by atoms with Crippen LogP contribution in [0.15, 0.2) is 153 Å². The zero-order valence-electron chi connectivity index (χ0n) is 54.8. The fourth-order valence-corrected chi connectivity index (χ4v) is 9.70. The van der Waals surface area contributed by atoms with Gasteiger partial charge in [-0.2, -0.15) is 65.9 Å². The van der Waals surface area contributed by atoms with E-state index >= 15 is 17.6 Å². The molecular weight excluding hydrogens is 2090 g/mol. The molecule has 2 N–H and O–H groups in total. The van der Waals surface area contributed by atoms with E-state index in [0.717, 1.165) is 91.6 Å². The molecule has 2 aliphatic rings. The molecule has 578 valence electrons. The molecule has 0 bridgehead atoms. The van der Waals surface area contributed by atoms with Gasteiger partial charge >= 0.3 is 174 Å². The fraction of sp³-hybridized carbons (Fsp3) is 0.206. The number of hydrogen-bond acceptors (Lipinski definition) is 18. The Bertz CT molecular complexity index is 4770. The van der Waals surface area contributed by atoms with E-state index in [9.17, 15) is 79.7 Å². The van der Waals surface area contributed by atoms with Crippen LogP contribution in [0.3, 0.4) is 0 Å². The van der Waals surface area contributed by atoms with Crippen molar-refractivity contribution in [3.8, 4) is 29.0 Å². The van der Waals surface area contributed by atoms with Gasteiger partial charge in [0.25, 0.3) is 6.47 Å². The van der Waals surface area contributed by atoms with Crippen LogP contribution in [0.1, 0.15) is 60.7 Å². The van der Waals surface area contributed by atoms with E-state index in [2.05, 4.69) is 50.3 Å². The maximum Gasteiger partial charge on any atom is 1.00 e. The molecule has 47 heteroatoms. The van der Waals surface area contributed by atoms with Gasteiger partial charge in [0, 0.05) is 86.0 Å². The summed E-state index contributed by atoms with van der Waals surface area (Å²) in [6, 6.07) is 13.7. The Morgan fingerprint density at radius 2 is 0.918 bits per heavy atom. The molecule has 110 heavy (non-hydrogen) atoms. The van der Waals surface area contributed by atoms with E-state index in [4.69, 9.17) is 80.5 Å². The standard InChI is InChI=1S/C21H12ClF7N6O2.C20H10ClF7N2O2.C14H9F4NO2.C6H2Cl2F3N.CH2O3.CH4.2Cs.U.H2.H/c22-15-5-11(21(27,28)29)7-31-18(15)37-13-2-4-17(30-8-13)20(25,26)19(36,9-35-10-32-33-34-35)14-3-1-12(23)6-16(14)24;21-14-5-10(20(26,27)28)7-30-17(14)32-12-2-4-16(29-8-12)19(24,25)18(9-31-18)13-3-1-11(22)6-15(13)23;15-8-1-3-10(11(16)5-8)13(7-21-13)14(17,18)12-4-2-9(20)6-19-12;7-4-1-3(6(9,10)11)2-12-5(4)8;2-1-4-3;;;;;;/h1-8,10,36H,9H2;1-8H,9H2;1-6,20H,7H2;1-2H;1,3H;1H4;;;;1H;/q;;;;;;2*+1;;;-1/p-1/i;;;;;;;;;1+1;. The quantitative estimate of drug-likeness (QED) is 0.0228. The van der Waals surface area contributed by atoms with Crippen LogP contribution >= 0.6 is 46.4 Å². The van der Waals surface area contributed by atoms with Crippen molar-refractivity contribution >= 4 is 52.9 Å². The van der Waals surface area contributed by atoms with Crippen LogP contribution in [0.5, 0.6) is 29.0 Å². The van der Waals surface area contributed by atoms with Crippen LogP contribution in [0.2, 0.25) is 20.2 Å². The van der Waals surface area contributed by atoms with Gasteiger partial charge in [-0.15, -0.1) is 5.10 Å². The van der Waals surface area contributed by atoms with E-state index in [0.29, 0.717) is 65.7 Å². The molecule has 10 aromatic rings. The molecule has 0 aliphatic carbocycles. The predicted octanol–water partition coefficient (Wildman–Crippen LogP) is 11.0. The maximum absolute atomic E-state index is 15.7. The summed E-state index contributed by atoms with van der Waals surface area (Å²) >= 11 is 22.2. The zero-order chi connectivity index (χ0) is 78.3. The maximum atomic E-state index is 15.7. The van der Waals surface area contributed by atoms with Crippen LogP contribution in [0.25, 0.3) is 0 Å². The molecule has 3 atom stereocenters. The first-order chi connectivity index (χ1) is 49.4. The molecule has 2 saturated heterocycles. The summed E-state index contributed by atoms with van der Waals surface area (Å²) < 4.78 is 306. The third-order valence-electron chi connectivity index (χ3n) is 14.3. The van der Waals surface area contributed by atoms with Crippen LogP contribution in [0, 0.1) is 66.0 Å². The Hall–Kier alpha value is -4.81. The number of carbonyl (C=O) groups is 1. The number of aromatic hydroxyl groups is 1. The zero-order valence-corrected chi connectivity index (χ0v) is 73.6. The van der Waals surface area contributed by atoms with Gasteiger partial charge in [0.2, 0.25) is 11.8 Å². The second-order valence-corrected chi connectivity index (χ2v) is 22.8. The van der Waals surface area contributed by atoms with Crippen molar-refractivity contribution < 1.29 is 308 Å². The van der Waals surface area contributed by atoms with E-state index in [-0.39, 0.29) is 213 Å². The number of benzene rings is 3. The number of hydrogen-bond donors (Lipinski definition) is 2. The van der Waals surface area contributed by atoms with Gasteiger partial charge in [0.05, 0.1) is 60.1 Å². The summed E-state index contributed by atoms with van der Waals surface area (Å²) in [5.41, 5.74) is -15.5. The van der Waals surface area contributed by atoms with Crippen molar-refractivity contribution in [2.75, 3.05) is 13.2 Å². The largest absolute Gasteiger partial charge is 1.00 e. The minimum absolute atomic E-state index is 0. The van der Waals surface area contributed by atoms with Gasteiger partial charge in [0.1, 0.15) is 90.8 Å². The van der Waals surface area contributed by atoms with E-state index in [1.807, 2.05) is 0 Å². The fourth-order valence-electron chi connectivity index (χ4n) is 9.02. The molecule has 3 aromatic carbocycles. The van der Waals surface area contributed by atoms with Gasteiger partial charge in [-0.1, -0.05) is 53.8 Å². The minimum atomic E-state index is -4.70. The Morgan fingerprint density at radius 1 is 0.536 bits per heavy atom. The number of pyridine rings is 6. The number of ether oxygens (including phenoxy) is 4. The minimum Gasteiger partial charge on any atom is -1.00 e. The average Bonchev–Trinajstić information content (AvgIpc) is 1.55. The Morgan fingerprint density at radius 3 is 1.25 bits per heavy atom. The van der Waals surface area contributed by atoms with Crippen molar-refractivity contribution in [1.82, 2.24) is 50.1 Å². The van der Waals surface area contributed by atoms with E-state index in [1.54, 1.807) is 0 Å². The topological polar surface area (TPSA) is 254 Å². The van der Waals surface area contributed by atoms with Crippen LogP contribution < -0.4 is 153 Å². The average molecular weight is 2130 g/mol. The van der Waals surface area contributed by atoms with Gasteiger partial charge in [-0.3, -0.25) is 19.7 Å². The Balaban J connectivity index is 0.000000517. The number of alkyl halides is 15. The molecule has 19 nitrogen and oxygen atoms in total. The van der Waals surface area contributed by atoms with Crippen molar-refractivity contribution in [3.63, 3.8) is 0 Å². The van der Waals surface area contributed by atoms with Crippen molar-refractivity contribution in [3.05, 3.63) is 258 Å². The van der Waals surface area contributed by atoms with Crippen molar-refractivity contribution in [1.29, 1.82) is 0 Å². The van der Waals surface area contributed by atoms with Gasteiger partial charge in [-0.25, -0.2) is 46.0 Å². The van der Waals surface area contributed by atoms with Gasteiger partial charge < -0.3 is 40.7 Å². The first-order valence-corrected chi connectivity index (χ1v) is 29.7. The molecule has 0 amide bonds. The van der Waals surface area contributed by atoms with Gasteiger partial charge in [-0.05, 0) is 101 Å². The number of tetrazole rings is 1. The first kappa shape index (κ1) is 97.6. The summed E-state index contributed by atoms with van der Waals surface area (Å²) in [7, 11) is 0. The normalized spacial score (nSPS) is 15.6. The van der Waals surface area contributed by atoms with Crippen molar-refractivity contribution in [2.45, 2.75) is 67.1 Å². The number of epoxide rings is 2. The third-order valence-corrected chi connectivity index (χ3v) is 15.6. The first-order valence-electron chi connectivity index (χ1n) is 28.2. The van der Waals surface area contributed by atoms with Crippen LogP contribution in [-0.4, -0.2) is 80.0 Å². The third kappa shape index (κ3) is 23.3. The summed E-state index contributed by atoms with van der Waals surface area (Å²) in [6.07, 6.45) is -8.80. The summed E-state index contributed by atoms with van der Waals surface area (Å²) in [5.74, 6) is -19.9. The molecule has 0 spiro atoms. The summed E-state index contributed by atoms with van der Waals surface area (Å²) in [4.78, 5) is 32.1. The molecule has 7 aromatic heterocycles. The van der Waals surface area contributed by atoms with E-state index < -0.39 is 180 Å². The molecule has 3 unspecified atom stereocenters. The Kier molecular flexibility index (Phi) is 35.2. The Labute approximate surface area is 768 Å². The molecule has 2 aliphatic heterocycles. The number of halogens is 25. The molecule has 0 radical (unpaired) electrons. The monoisotopic (exact) mass is 2130 g/mol. The van der Waals surface area contributed by atoms with Crippen LogP contribution in [-0.2, 0) is 78.8 Å². The summed E-state index contributed by atoms with van der Waals surface area (Å²) in [5, 5.41) is 37.3. The van der Waals surface area contributed by atoms with Crippen molar-refractivity contribution in [2.24, 2.45) is 0 Å². The second-order valence-electron chi connectivity index (χ2n) is 21.3.